The molecule has 0 bridgehead atoms. The number of aromatic nitrogens is 2. The summed E-state index contributed by atoms with van der Waals surface area (Å²) < 4.78 is 0. The number of amides is 1. The van der Waals surface area contributed by atoms with Crippen molar-refractivity contribution in [2.24, 2.45) is 0 Å². The predicted octanol–water partition coefficient (Wildman–Crippen LogP) is 0.0662. The molecule has 1 amide bonds. The van der Waals surface area contributed by atoms with Crippen molar-refractivity contribution < 1.29 is 4.79 Å². The lowest BCUT2D eigenvalue weighted by molar-refractivity contribution is -0.120. The number of carbonyl (C=O) groups is 1. The van der Waals surface area contributed by atoms with Crippen molar-refractivity contribution in [3.8, 4) is 0 Å². The number of hydrogen-bond donors (Lipinski definition) is 1. The van der Waals surface area contributed by atoms with Gasteiger partial charge >= 0.3 is 0 Å². The van der Waals surface area contributed by atoms with Crippen LogP contribution >= 0.6 is 11.6 Å². The number of nitrogens with one attached hydrogen (secondary N) is 1. The lowest BCUT2D eigenvalue weighted by Crippen LogP contribution is -2.48. The van der Waals surface area contributed by atoms with Gasteiger partial charge in [-0.05, 0) is 6.07 Å². The SMILES string of the molecule is O=C1CN(c2nccc(Cl)n2)CCN1. The van der Waals surface area contributed by atoms with Gasteiger partial charge in [0.25, 0.3) is 0 Å². The Kier molecular flexibility index (Phi) is 2.49. The Morgan fingerprint density at radius 2 is 2.43 bits per heavy atom. The van der Waals surface area contributed by atoms with E-state index in [-0.39, 0.29) is 5.91 Å². The number of carbonyl (C=O) groups excluding carboxylic acids is 1. The highest BCUT2D eigenvalue weighted by atomic mass is 35.5. The first-order valence-electron chi connectivity index (χ1n) is 4.26. The molecule has 1 saturated heterocycles. The molecule has 0 spiro atoms. The van der Waals surface area contributed by atoms with Gasteiger partial charge in [-0.15, -0.1) is 0 Å². The standard InChI is InChI=1S/C8H9ClN4O/c9-6-1-2-11-8(12-6)13-4-3-10-7(14)5-13/h1-2H,3-5H2,(H,10,14). The summed E-state index contributed by atoms with van der Waals surface area (Å²) >= 11 is 5.72. The monoisotopic (exact) mass is 212 g/mol. The lowest BCUT2D eigenvalue weighted by atomic mass is 10.4. The number of nitrogens with zero attached hydrogens (tertiary/aromatic N) is 3. The fraction of sp³-hybridized carbons (Fsp3) is 0.375. The van der Waals surface area contributed by atoms with Crippen LogP contribution in [0.3, 0.4) is 0 Å². The maximum atomic E-state index is 11.1. The topological polar surface area (TPSA) is 58.1 Å². The van der Waals surface area contributed by atoms with Crippen molar-refractivity contribution in [2.75, 3.05) is 24.5 Å². The fourth-order valence-electron chi connectivity index (χ4n) is 1.29. The second-order valence-electron chi connectivity index (χ2n) is 2.95. The van der Waals surface area contributed by atoms with Gasteiger partial charge in [-0.3, -0.25) is 4.79 Å². The summed E-state index contributed by atoms with van der Waals surface area (Å²) in [5.74, 6) is 0.493. The van der Waals surface area contributed by atoms with Crippen molar-refractivity contribution in [1.29, 1.82) is 0 Å². The van der Waals surface area contributed by atoms with Crippen LogP contribution in [0.5, 0.6) is 0 Å². The second kappa shape index (κ2) is 3.79. The molecule has 0 aliphatic carbocycles. The Morgan fingerprint density at radius 1 is 1.57 bits per heavy atom. The smallest absolute Gasteiger partial charge is 0.239 e. The summed E-state index contributed by atoms with van der Waals surface area (Å²) in [7, 11) is 0. The Morgan fingerprint density at radius 3 is 3.14 bits per heavy atom. The molecule has 1 aromatic heterocycles. The average molecular weight is 213 g/mol. The van der Waals surface area contributed by atoms with Crippen LogP contribution < -0.4 is 10.2 Å². The van der Waals surface area contributed by atoms with E-state index in [2.05, 4.69) is 15.3 Å². The van der Waals surface area contributed by atoms with Crippen LogP contribution in [0.1, 0.15) is 0 Å². The molecule has 5 nitrogen and oxygen atoms in total. The van der Waals surface area contributed by atoms with Gasteiger partial charge in [-0.2, -0.15) is 0 Å². The van der Waals surface area contributed by atoms with Crippen molar-refractivity contribution in [3.05, 3.63) is 17.4 Å². The Balaban J connectivity index is 2.17. The van der Waals surface area contributed by atoms with Crippen molar-refractivity contribution >= 4 is 23.5 Å². The van der Waals surface area contributed by atoms with Gasteiger partial charge in [0, 0.05) is 19.3 Å². The van der Waals surface area contributed by atoms with E-state index in [1.165, 1.54) is 0 Å². The molecule has 2 heterocycles. The highest BCUT2D eigenvalue weighted by Crippen LogP contribution is 2.11. The first kappa shape index (κ1) is 9.21. The summed E-state index contributed by atoms with van der Waals surface area (Å²) in [6.07, 6.45) is 1.58. The van der Waals surface area contributed by atoms with Gasteiger partial charge in [-0.1, -0.05) is 11.6 Å². The van der Waals surface area contributed by atoms with Gasteiger partial charge in [0.05, 0.1) is 6.54 Å². The molecular formula is C8H9ClN4O. The maximum Gasteiger partial charge on any atom is 0.239 e. The third kappa shape index (κ3) is 1.93. The molecule has 74 valence electrons. The van der Waals surface area contributed by atoms with Crippen LogP contribution in [0, 0.1) is 0 Å². The number of anilines is 1. The largest absolute Gasteiger partial charge is 0.353 e. The molecule has 1 N–H and O–H groups in total. The third-order valence-electron chi connectivity index (χ3n) is 1.93. The summed E-state index contributed by atoms with van der Waals surface area (Å²) in [6, 6.07) is 1.61. The highest BCUT2D eigenvalue weighted by Gasteiger charge is 2.18. The Hall–Kier alpha value is -1.36. The average Bonchev–Trinajstić information content (AvgIpc) is 2.18. The number of rotatable bonds is 1. The predicted molar refractivity (Wildman–Crippen MR) is 52.3 cm³/mol. The minimum Gasteiger partial charge on any atom is -0.353 e. The molecule has 14 heavy (non-hydrogen) atoms. The van der Waals surface area contributed by atoms with Gasteiger partial charge in [0.15, 0.2) is 0 Å². The normalized spacial score (nSPS) is 16.6. The lowest BCUT2D eigenvalue weighted by Gasteiger charge is -2.26. The van der Waals surface area contributed by atoms with E-state index >= 15 is 0 Å². The van der Waals surface area contributed by atoms with Crippen LogP contribution in [0.15, 0.2) is 12.3 Å². The van der Waals surface area contributed by atoms with Crippen LogP contribution in [-0.2, 0) is 4.79 Å². The Labute approximate surface area is 86.1 Å². The van der Waals surface area contributed by atoms with Gasteiger partial charge in [0.2, 0.25) is 11.9 Å². The maximum absolute atomic E-state index is 11.1. The van der Waals surface area contributed by atoms with Crippen molar-refractivity contribution in [3.63, 3.8) is 0 Å². The highest BCUT2D eigenvalue weighted by molar-refractivity contribution is 6.29. The van der Waals surface area contributed by atoms with Crippen molar-refractivity contribution in [2.45, 2.75) is 0 Å². The molecule has 1 aliphatic heterocycles. The van der Waals surface area contributed by atoms with E-state index in [0.717, 1.165) is 0 Å². The second-order valence-corrected chi connectivity index (χ2v) is 3.34. The number of piperazine rings is 1. The molecule has 0 unspecified atom stereocenters. The van der Waals surface area contributed by atoms with Gasteiger partial charge in [-0.25, -0.2) is 9.97 Å². The molecule has 0 atom stereocenters. The van der Waals surface area contributed by atoms with Crippen LogP contribution in [0.25, 0.3) is 0 Å². The van der Waals surface area contributed by atoms with E-state index in [1.807, 2.05) is 0 Å². The van der Waals surface area contributed by atoms with Crippen LogP contribution in [-0.4, -0.2) is 35.5 Å². The minimum absolute atomic E-state index is 0.0141. The molecule has 0 saturated carbocycles. The zero-order valence-electron chi connectivity index (χ0n) is 7.40. The molecule has 0 radical (unpaired) electrons. The quantitative estimate of drug-likeness (QED) is 0.670. The van der Waals surface area contributed by atoms with E-state index in [0.29, 0.717) is 30.7 Å². The molecule has 6 heteroatoms. The van der Waals surface area contributed by atoms with E-state index in [1.54, 1.807) is 17.2 Å². The van der Waals surface area contributed by atoms with E-state index in [4.69, 9.17) is 11.6 Å². The third-order valence-corrected chi connectivity index (χ3v) is 2.14. The molecule has 0 aromatic carbocycles. The van der Waals surface area contributed by atoms with Crippen LogP contribution in [0.2, 0.25) is 5.15 Å². The van der Waals surface area contributed by atoms with Crippen LogP contribution in [0.4, 0.5) is 5.95 Å². The molecule has 1 aromatic rings. The van der Waals surface area contributed by atoms with Crippen molar-refractivity contribution in [1.82, 2.24) is 15.3 Å². The first-order valence-corrected chi connectivity index (χ1v) is 4.64. The Bertz CT molecular complexity index is 357. The molecule has 1 aliphatic rings. The summed E-state index contributed by atoms with van der Waals surface area (Å²) in [4.78, 5) is 21.0. The molecule has 2 rings (SSSR count). The van der Waals surface area contributed by atoms with Gasteiger partial charge < -0.3 is 10.2 Å². The number of hydrogen-bond acceptors (Lipinski definition) is 4. The fourth-order valence-corrected chi connectivity index (χ4v) is 1.42. The summed E-state index contributed by atoms with van der Waals surface area (Å²) in [5, 5.41) is 3.12. The number of halogens is 1. The zero-order chi connectivity index (χ0) is 9.97. The first-order chi connectivity index (χ1) is 6.75. The van der Waals surface area contributed by atoms with E-state index in [9.17, 15) is 4.79 Å². The molecular weight excluding hydrogens is 204 g/mol. The van der Waals surface area contributed by atoms with Gasteiger partial charge in [0.1, 0.15) is 5.15 Å². The zero-order valence-corrected chi connectivity index (χ0v) is 8.16. The van der Waals surface area contributed by atoms with E-state index < -0.39 is 0 Å². The minimum atomic E-state index is -0.0141. The summed E-state index contributed by atoms with van der Waals surface area (Å²) in [6.45, 7) is 1.63. The molecule has 1 fully saturated rings. The summed E-state index contributed by atoms with van der Waals surface area (Å²) in [5.41, 5.74) is 0.